The molecule has 12 aromatic carbocycles. The lowest BCUT2D eigenvalue weighted by atomic mass is 9.82. The van der Waals surface area contributed by atoms with Crippen molar-refractivity contribution in [3.8, 4) is 33.4 Å². The molecule has 0 bridgehead atoms. The average molecular weight is 681 g/mol. The second-order valence-corrected chi connectivity index (χ2v) is 14.7. The highest BCUT2D eigenvalue weighted by atomic mass is 14.2. The summed E-state index contributed by atoms with van der Waals surface area (Å²) in [7, 11) is 0. The lowest BCUT2D eigenvalue weighted by Crippen LogP contribution is -1.94. The summed E-state index contributed by atoms with van der Waals surface area (Å²) in [4.78, 5) is 0. The molecule has 0 atom stereocenters. The van der Waals surface area contributed by atoms with Crippen LogP contribution in [-0.2, 0) is 0 Å². The van der Waals surface area contributed by atoms with Gasteiger partial charge in [0.15, 0.2) is 0 Å². The van der Waals surface area contributed by atoms with Crippen LogP contribution in [0, 0.1) is 0 Å². The molecule has 0 aromatic heterocycles. The summed E-state index contributed by atoms with van der Waals surface area (Å²) in [6.07, 6.45) is 0. The van der Waals surface area contributed by atoms with E-state index in [2.05, 4.69) is 194 Å². The van der Waals surface area contributed by atoms with Crippen LogP contribution >= 0.6 is 0 Å². The molecule has 12 aromatic rings. The van der Waals surface area contributed by atoms with Crippen molar-refractivity contribution in [3.63, 3.8) is 0 Å². The standard InChI is InChI=1S/C54H32/c1-2-11-33(12-3-1)37-25-30-48-50(31-37)54(47-29-24-36-22-21-34-13-10-14-35-23-28-46(47)53(36)51(34)35)45-20-9-8-19-44(45)52(48)38-26-27-43-41-17-5-4-15-39(41)40-16-6-7-18-42(40)49(43)32-38/h1-32H. The minimum absolute atomic E-state index is 1.22. The van der Waals surface area contributed by atoms with Crippen LogP contribution in [0.3, 0.4) is 0 Å². The van der Waals surface area contributed by atoms with E-state index in [-0.39, 0.29) is 0 Å². The number of hydrogen-bond donors (Lipinski definition) is 0. The highest BCUT2D eigenvalue weighted by Crippen LogP contribution is 2.49. The topological polar surface area (TPSA) is 0 Å². The van der Waals surface area contributed by atoms with Crippen LogP contribution in [0.2, 0.25) is 0 Å². The van der Waals surface area contributed by atoms with Gasteiger partial charge in [-0.25, -0.2) is 0 Å². The Balaban J connectivity index is 1.23. The van der Waals surface area contributed by atoms with Crippen LogP contribution in [-0.4, -0.2) is 0 Å². The smallest absolute Gasteiger partial charge is 0.00199 e. The summed E-state index contributed by atoms with van der Waals surface area (Å²) in [5, 5.41) is 20.7. The summed E-state index contributed by atoms with van der Waals surface area (Å²) in [5.41, 5.74) is 7.52. The molecule has 12 rings (SSSR count). The van der Waals surface area contributed by atoms with Gasteiger partial charge in [-0.2, -0.15) is 0 Å². The molecule has 0 radical (unpaired) electrons. The van der Waals surface area contributed by atoms with Crippen molar-refractivity contribution >= 4 is 86.2 Å². The Morgan fingerprint density at radius 2 is 0.667 bits per heavy atom. The van der Waals surface area contributed by atoms with Crippen LogP contribution in [0.5, 0.6) is 0 Å². The molecular weight excluding hydrogens is 649 g/mol. The molecule has 0 heteroatoms. The van der Waals surface area contributed by atoms with E-state index < -0.39 is 0 Å². The maximum atomic E-state index is 2.45. The zero-order valence-electron chi connectivity index (χ0n) is 29.5. The fraction of sp³-hybridized carbons (Fsp3) is 0. The van der Waals surface area contributed by atoms with Gasteiger partial charge in [-0.15, -0.1) is 0 Å². The van der Waals surface area contributed by atoms with Gasteiger partial charge >= 0.3 is 0 Å². The van der Waals surface area contributed by atoms with Gasteiger partial charge < -0.3 is 0 Å². The largest absolute Gasteiger partial charge is 0.0622 e. The molecule has 248 valence electrons. The molecule has 54 heavy (non-hydrogen) atoms. The summed E-state index contributed by atoms with van der Waals surface area (Å²) in [5.74, 6) is 0. The molecule has 0 saturated carbocycles. The normalized spacial score (nSPS) is 12.1. The first kappa shape index (κ1) is 29.5. The molecule has 0 spiro atoms. The van der Waals surface area contributed by atoms with Crippen molar-refractivity contribution in [1.82, 2.24) is 0 Å². The maximum Gasteiger partial charge on any atom is -0.00199 e. The van der Waals surface area contributed by atoms with E-state index in [4.69, 9.17) is 0 Å². The third kappa shape index (κ3) is 4.14. The third-order valence-corrected chi connectivity index (χ3v) is 12.0. The molecular formula is C54H32. The summed E-state index contributed by atoms with van der Waals surface area (Å²) < 4.78 is 0. The fourth-order valence-corrected chi connectivity index (χ4v) is 9.61. The van der Waals surface area contributed by atoms with Crippen molar-refractivity contribution in [1.29, 1.82) is 0 Å². The highest BCUT2D eigenvalue weighted by Gasteiger charge is 2.21. The Hall–Kier alpha value is -7.02. The van der Waals surface area contributed by atoms with E-state index in [1.165, 1.54) is 120 Å². The average Bonchev–Trinajstić information content (AvgIpc) is 3.25. The summed E-state index contributed by atoms with van der Waals surface area (Å²) in [6, 6.07) is 72.5. The van der Waals surface area contributed by atoms with E-state index in [1.807, 2.05) is 0 Å². The van der Waals surface area contributed by atoms with Crippen LogP contribution in [0.25, 0.3) is 120 Å². The highest BCUT2D eigenvalue weighted by molar-refractivity contribution is 6.31. The molecule has 0 aliphatic heterocycles. The van der Waals surface area contributed by atoms with E-state index in [9.17, 15) is 0 Å². The SMILES string of the molecule is c1ccc(-c2ccc3c(-c4ccc5c6ccccc6c6ccccc6c5c4)c4ccccc4c(-c4ccc5ccc6cccc7ccc4c5c67)c3c2)cc1. The first-order valence-electron chi connectivity index (χ1n) is 18.8. The van der Waals surface area contributed by atoms with Crippen LogP contribution in [0.1, 0.15) is 0 Å². The molecule has 0 saturated heterocycles. The number of rotatable bonds is 3. The first-order valence-corrected chi connectivity index (χ1v) is 18.8. The van der Waals surface area contributed by atoms with Gasteiger partial charge in [-0.3, -0.25) is 0 Å². The van der Waals surface area contributed by atoms with Crippen molar-refractivity contribution in [2.24, 2.45) is 0 Å². The fourth-order valence-electron chi connectivity index (χ4n) is 9.61. The van der Waals surface area contributed by atoms with Gasteiger partial charge in [0.05, 0.1) is 0 Å². The zero-order valence-corrected chi connectivity index (χ0v) is 29.5. The van der Waals surface area contributed by atoms with E-state index in [1.54, 1.807) is 0 Å². The Bertz CT molecular complexity index is 3430. The van der Waals surface area contributed by atoms with Gasteiger partial charge in [-0.05, 0) is 132 Å². The number of benzene rings is 12. The summed E-state index contributed by atoms with van der Waals surface area (Å²) >= 11 is 0. The number of fused-ring (bicyclic) bond motifs is 8. The molecule has 0 N–H and O–H groups in total. The summed E-state index contributed by atoms with van der Waals surface area (Å²) in [6.45, 7) is 0. The monoisotopic (exact) mass is 680 g/mol. The van der Waals surface area contributed by atoms with Gasteiger partial charge in [0.2, 0.25) is 0 Å². The Kier molecular flexibility index (Phi) is 6.15. The minimum atomic E-state index is 1.22. The van der Waals surface area contributed by atoms with Gasteiger partial charge in [0.1, 0.15) is 0 Å². The predicted octanol–water partition coefficient (Wildman–Crippen LogP) is 15.4. The van der Waals surface area contributed by atoms with Crippen molar-refractivity contribution < 1.29 is 0 Å². The van der Waals surface area contributed by atoms with E-state index in [0.717, 1.165) is 0 Å². The first-order chi connectivity index (χ1) is 26.8. The van der Waals surface area contributed by atoms with Crippen molar-refractivity contribution in [3.05, 3.63) is 194 Å². The van der Waals surface area contributed by atoms with Crippen LogP contribution in [0.15, 0.2) is 194 Å². The molecule has 0 aliphatic carbocycles. The predicted molar refractivity (Wildman–Crippen MR) is 234 cm³/mol. The Labute approximate surface area is 312 Å². The minimum Gasteiger partial charge on any atom is -0.0622 e. The van der Waals surface area contributed by atoms with Crippen LogP contribution in [0.4, 0.5) is 0 Å². The molecule has 0 aliphatic rings. The van der Waals surface area contributed by atoms with Crippen LogP contribution < -0.4 is 0 Å². The van der Waals surface area contributed by atoms with Gasteiger partial charge in [0.25, 0.3) is 0 Å². The second kappa shape index (κ2) is 11.2. The molecule has 0 amide bonds. The van der Waals surface area contributed by atoms with Gasteiger partial charge in [0, 0.05) is 0 Å². The van der Waals surface area contributed by atoms with Crippen molar-refractivity contribution in [2.75, 3.05) is 0 Å². The quantitative estimate of drug-likeness (QED) is 0.129. The van der Waals surface area contributed by atoms with E-state index in [0.29, 0.717) is 0 Å². The Morgan fingerprint density at radius 1 is 0.204 bits per heavy atom. The third-order valence-electron chi connectivity index (χ3n) is 12.0. The lowest BCUT2D eigenvalue weighted by molar-refractivity contribution is 1.64. The molecule has 0 nitrogen and oxygen atoms in total. The van der Waals surface area contributed by atoms with Crippen molar-refractivity contribution in [2.45, 2.75) is 0 Å². The molecule has 0 fully saturated rings. The zero-order chi connectivity index (χ0) is 35.3. The number of hydrogen-bond acceptors (Lipinski definition) is 0. The van der Waals surface area contributed by atoms with Gasteiger partial charge in [-0.1, -0.05) is 182 Å². The molecule has 0 heterocycles. The second-order valence-electron chi connectivity index (χ2n) is 14.7. The Morgan fingerprint density at radius 3 is 1.37 bits per heavy atom. The maximum absolute atomic E-state index is 2.45. The lowest BCUT2D eigenvalue weighted by Gasteiger charge is -2.21. The van der Waals surface area contributed by atoms with E-state index >= 15 is 0 Å². The molecule has 0 unspecified atom stereocenters.